The number of rotatable bonds is 13. The summed E-state index contributed by atoms with van der Waals surface area (Å²) < 4.78 is 29.7. The lowest BCUT2D eigenvalue weighted by atomic mass is 10.0. The summed E-state index contributed by atoms with van der Waals surface area (Å²) in [4.78, 5) is 30.2. The van der Waals surface area contributed by atoms with Crippen molar-refractivity contribution in [2.24, 2.45) is 5.92 Å². The molecular formula is C38H45N3O4S. The minimum absolute atomic E-state index is 0.0893. The standard InChI is InChI=1S/C38H45N3O4S/c1-27(2)24-39-38(43)36(23-32-10-8-7-9-11-32)40(25-33-17-12-28(3)13-18-33)37(42)26-41(35-21-16-30(5)22-31(35)6)46(44,45)34-19-14-29(4)15-20-34/h7-22,27,36H,23-26H2,1-6H3,(H,39,43)/t36-/m0/s1. The number of amides is 2. The van der Waals surface area contributed by atoms with Gasteiger partial charge in [-0.1, -0.05) is 109 Å². The molecule has 0 bridgehead atoms. The van der Waals surface area contributed by atoms with Crippen LogP contribution >= 0.6 is 0 Å². The summed E-state index contributed by atoms with van der Waals surface area (Å²) in [6.45, 7) is 11.8. The molecule has 0 heterocycles. The highest BCUT2D eigenvalue weighted by atomic mass is 32.2. The molecule has 0 saturated carbocycles. The fourth-order valence-electron chi connectivity index (χ4n) is 5.30. The van der Waals surface area contributed by atoms with Crippen molar-refractivity contribution >= 4 is 27.5 Å². The van der Waals surface area contributed by atoms with Gasteiger partial charge >= 0.3 is 0 Å². The Bertz CT molecular complexity index is 1740. The van der Waals surface area contributed by atoms with Gasteiger partial charge in [0.05, 0.1) is 10.6 Å². The summed E-state index contributed by atoms with van der Waals surface area (Å²) in [7, 11) is -4.15. The minimum Gasteiger partial charge on any atom is -0.354 e. The van der Waals surface area contributed by atoms with Gasteiger partial charge in [0, 0.05) is 19.5 Å². The van der Waals surface area contributed by atoms with Crippen molar-refractivity contribution in [1.29, 1.82) is 0 Å². The predicted molar refractivity (Wildman–Crippen MR) is 185 cm³/mol. The lowest BCUT2D eigenvalue weighted by Crippen LogP contribution is -2.53. The molecule has 4 aromatic rings. The van der Waals surface area contributed by atoms with Gasteiger partial charge in [0.2, 0.25) is 11.8 Å². The van der Waals surface area contributed by atoms with E-state index in [9.17, 15) is 18.0 Å². The summed E-state index contributed by atoms with van der Waals surface area (Å²) in [6.07, 6.45) is 0.274. The SMILES string of the molecule is Cc1ccc(CN(C(=O)CN(c2ccc(C)cc2C)S(=O)(=O)c2ccc(C)cc2)[C@@H](Cc2ccccc2)C(=O)NCC(C)C)cc1. The van der Waals surface area contributed by atoms with Crippen LogP contribution in [0.1, 0.15) is 47.2 Å². The fourth-order valence-corrected chi connectivity index (χ4v) is 6.78. The molecule has 1 N–H and O–H groups in total. The smallest absolute Gasteiger partial charge is 0.264 e. The normalized spacial score (nSPS) is 12.1. The van der Waals surface area contributed by atoms with Crippen LogP contribution < -0.4 is 9.62 Å². The molecule has 0 spiro atoms. The number of nitrogens with zero attached hydrogens (tertiary/aromatic N) is 2. The van der Waals surface area contributed by atoms with E-state index in [1.165, 1.54) is 9.21 Å². The summed E-state index contributed by atoms with van der Waals surface area (Å²) >= 11 is 0. The Morgan fingerprint density at radius 3 is 1.91 bits per heavy atom. The van der Waals surface area contributed by atoms with E-state index in [1.54, 1.807) is 30.3 Å². The van der Waals surface area contributed by atoms with Gasteiger partial charge < -0.3 is 10.2 Å². The highest BCUT2D eigenvalue weighted by Gasteiger charge is 2.35. The maximum Gasteiger partial charge on any atom is 0.264 e. The number of carbonyl (C=O) groups excluding carboxylic acids is 2. The first kappa shape index (κ1) is 34.4. The van der Waals surface area contributed by atoms with E-state index in [-0.39, 0.29) is 29.7 Å². The van der Waals surface area contributed by atoms with E-state index < -0.39 is 28.5 Å². The van der Waals surface area contributed by atoms with Crippen molar-refractivity contribution in [2.75, 3.05) is 17.4 Å². The Kier molecular flexibility index (Phi) is 11.4. The number of sulfonamides is 1. The molecule has 0 aliphatic carbocycles. The maximum atomic E-state index is 14.6. The first-order valence-corrected chi connectivity index (χ1v) is 17.1. The molecule has 0 unspecified atom stereocenters. The number of carbonyl (C=O) groups is 2. The third-order valence-corrected chi connectivity index (χ3v) is 9.71. The van der Waals surface area contributed by atoms with Crippen LogP contribution in [0.25, 0.3) is 0 Å². The molecule has 242 valence electrons. The van der Waals surface area contributed by atoms with Gasteiger partial charge in [-0.2, -0.15) is 0 Å². The Hall–Kier alpha value is -4.43. The molecule has 0 aliphatic heterocycles. The van der Waals surface area contributed by atoms with Crippen molar-refractivity contribution in [1.82, 2.24) is 10.2 Å². The van der Waals surface area contributed by atoms with Gasteiger partial charge in [-0.05, 0) is 68.5 Å². The monoisotopic (exact) mass is 639 g/mol. The Morgan fingerprint density at radius 2 is 1.33 bits per heavy atom. The van der Waals surface area contributed by atoms with Crippen molar-refractivity contribution in [2.45, 2.75) is 65.4 Å². The number of hydrogen-bond acceptors (Lipinski definition) is 4. The summed E-state index contributed by atoms with van der Waals surface area (Å²) in [5.41, 5.74) is 5.85. The molecule has 2 amide bonds. The van der Waals surface area contributed by atoms with E-state index in [0.29, 0.717) is 12.2 Å². The average Bonchev–Trinajstić information content (AvgIpc) is 3.02. The zero-order valence-corrected chi connectivity index (χ0v) is 28.5. The van der Waals surface area contributed by atoms with E-state index in [4.69, 9.17) is 0 Å². The lowest BCUT2D eigenvalue weighted by Gasteiger charge is -2.34. The highest BCUT2D eigenvalue weighted by molar-refractivity contribution is 7.92. The number of benzene rings is 4. The summed E-state index contributed by atoms with van der Waals surface area (Å²) in [5, 5.41) is 3.03. The second kappa shape index (κ2) is 15.2. The third-order valence-electron chi connectivity index (χ3n) is 7.94. The van der Waals surface area contributed by atoms with Crippen LogP contribution in [0.3, 0.4) is 0 Å². The fraction of sp³-hybridized carbons (Fsp3) is 0.316. The largest absolute Gasteiger partial charge is 0.354 e. The van der Waals surface area contributed by atoms with E-state index in [0.717, 1.165) is 33.4 Å². The van der Waals surface area contributed by atoms with E-state index >= 15 is 0 Å². The predicted octanol–water partition coefficient (Wildman–Crippen LogP) is 6.53. The third kappa shape index (κ3) is 8.85. The Morgan fingerprint density at radius 1 is 0.739 bits per heavy atom. The van der Waals surface area contributed by atoms with Crippen LogP contribution in [0.2, 0.25) is 0 Å². The Labute approximate surface area is 274 Å². The van der Waals surface area contributed by atoms with Crippen LogP contribution in [0.4, 0.5) is 5.69 Å². The molecule has 0 aromatic heterocycles. The van der Waals surface area contributed by atoms with Crippen LogP contribution in [0.5, 0.6) is 0 Å². The van der Waals surface area contributed by atoms with Crippen molar-refractivity contribution in [3.63, 3.8) is 0 Å². The van der Waals surface area contributed by atoms with Crippen molar-refractivity contribution < 1.29 is 18.0 Å². The molecule has 0 aliphatic rings. The molecule has 7 nitrogen and oxygen atoms in total. The van der Waals surface area contributed by atoms with Crippen LogP contribution in [-0.2, 0) is 32.6 Å². The topological polar surface area (TPSA) is 86.8 Å². The highest BCUT2D eigenvalue weighted by Crippen LogP contribution is 2.29. The van der Waals surface area contributed by atoms with Crippen LogP contribution in [0.15, 0.2) is 102 Å². The van der Waals surface area contributed by atoms with Crippen molar-refractivity contribution in [3.05, 3.63) is 130 Å². The molecule has 0 fully saturated rings. The first-order chi connectivity index (χ1) is 21.8. The second-order valence-electron chi connectivity index (χ2n) is 12.5. The quantitative estimate of drug-likeness (QED) is 0.180. The molecule has 0 saturated heterocycles. The van der Waals surface area contributed by atoms with Crippen LogP contribution in [-0.4, -0.2) is 44.3 Å². The van der Waals surface area contributed by atoms with Gasteiger partial charge in [-0.3, -0.25) is 13.9 Å². The molecular weight excluding hydrogens is 595 g/mol. The zero-order chi connectivity index (χ0) is 33.4. The van der Waals surface area contributed by atoms with Gasteiger partial charge in [-0.25, -0.2) is 8.42 Å². The lowest BCUT2D eigenvalue weighted by molar-refractivity contribution is -0.140. The zero-order valence-electron chi connectivity index (χ0n) is 27.7. The van der Waals surface area contributed by atoms with E-state index in [2.05, 4.69) is 5.32 Å². The van der Waals surface area contributed by atoms with Crippen molar-refractivity contribution in [3.8, 4) is 0 Å². The number of nitrogens with one attached hydrogen (secondary N) is 1. The molecule has 8 heteroatoms. The number of hydrogen-bond donors (Lipinski definition) is 1. The number of anilines is 1. The molecule has 0 radical (unpaired) electrons. The molecule has 4 aromatic carbocycles. The average molecular weight is 640 g/mol. The van der Waals surface area contributed by atoms with Crippen LogP contribution in [0, 0.1) is 33.6 Å². The Balaban J connectivity index is 1.82. The number of aryl methyl sites for hydroxylation is 4. The van der Waals surface area contributed by atoms with Gasteiger partial charge in [-0.15, -0.1) is 0 Å². The molecule has 46 heavy (non-hydrogen) atoms. The maximum absolute atomic E-state index is 14.6. The molecule has 1 atom stereocenters. The first-order valence-electron chi connectivity index (χ1n) is 15.7. The second-order valence-corrected chi connectivity index (χ2v) is 14.3. The van der Waals surface area contributed by atoms with E-state index in [1.807, 2.05) is 108 Å². The summed E-state index contributed by atoms with van der Waals surface area (Å²) in [6, 6.07) is 28.6. The van der Waals surface area contributed by atoms with Gasteiger partial charge in [0.15, 0.2) is 0 Å². The minimum atomic E-state index is -4.15. The molecule has 4 rings (SSSR count). The van der Waals surface area contributed by atoms with Gasteiger partial charge in [0.1, 0.15) is 12.6 Å². The van der Waals surface area contributed by atoms with Gasteiger partial charge in [0.25, 0.3) is 10.0 Å². The summed E-state index contributed by atoms with van der Waals surface area (Å²) in [5.74, 6) is -0.545.